The summed E-state index contributed by atoms with van der Waals surface area (Å²) in [7, 11) is 0. The van der Waals surface area contributed by atoms with Crippen LogP contribution in [0.2, 0.25) is 0 Å². The molecule has 8 nitrogen and oxygen atoms in total. The van der Waals surface area contributed by atoms with Crippen molar-refractivity contribution in [2.24, 2.45) is 5.92 Å². The molecule has 9 heteroatoms. The second-order valence-corrected chi connectivity index (χ2v) is 8.78. The van der Waals surface area contributed by atoms with Gasteiger partial charge in [-0.1, -0.05) is 18.2 Å². The van der Waals surface area contributed by atoms with Crippen molar-refractivity contribution in [3.63, 3.8) is 0 Å². The van der Waals surface area contributed by atoms with E-state index in [9.17, 15) is 9.18 Å². The second-order valence-electron chi connectivity index (χ2n) is 8.78. The van der Waals surface area contributed by atoms with Gasteiger partial charge in [0.1, 0.15) is 0 Å². The highest BCUT2D eigenvalue weighted by Gasteiger charge is 2.58. The third-order valence-electron chi connectivity index (χ3n) is 6.39. The first-order valence-electron chi connectivity index (χ1n) is 10.5. The largest absolute Gasteiger partial charge is 0.322 e. The number of anilines is 1. The highest BCUT2D eigenvalue weighted by molar-refractivity contribution is 5.91. The molecule has 3 atom stereocenters. The Kier molecular flexibility index (Phi) is 4.68. The Balaban J connectivity index is 1.38. The lowest BCUT2D eigenvalue weighted by atomic mass is 9.64. The fraction of sp³-hybridized carbons (Fsp3) is 0.409. The van der Waals surface area contributed by atoms with Crippen LogP contribution in [0.3, 0.4) is 0 Å². The van der Waals surface area contributed by atoms with Crippen molar-refractivity contribution < 1.29 is 9.18 Å². The summed E-state index contributed by atoms with van der Waals surface area (Å²) < 4.78 is 15.0. The third-order valence-corrected chi connectivity index (χ3v) is 6.39. The Morgan fingerprint density at radius 2 is 2.10 bits per heavy atom. The van der Waals surface area contributed by atoms with Gasteiger partial charge in [-0.05, 0) is 49.8 Å². The van der Waals surface area contributed by atoms with Crippen molar-refractivity contribution in [1.29, 1.82) is 0 Å². The summed E-state index contributed by atoms with van der Waals surface area (Å²) in [6.45, 7) is 4.82. The number of carbonyl (C=O) groups excluding carboxylic acids is 1. The molecule has 2 fully saturated rings. The van der Waals surface area contributed by atoms with Crippen molar-refractivity contribution in [3.8, 4) is 11.4 Å². The standard InChI is InChI=1S/C22H24FN7O/c1-14-7-18-10-22(9-14,13-29-6-5-26-28-29)30(18)21(31)27-17-4-3-15(2)19(8-17)20-24-11-16(23)12-25-20/h3-6,8,11-12,14,18H,7,9-10,13H2,1-2H3,(H,27,31)/t14-,18+,22-/m0/s1. The zero-order valence-corrected chi connectivity index (χ0v) is 17.5. The van der Waals surface area contributed by atoms with Crippen molar-refractivity contribution in [1.82, 2.24) is 29.9 Å². The molecular weight excluding hydrogens is 397 g/mol. The Labute approximate surface area is 179 Å². The highest BCUT2D eigenvalue weighted by atomic mass is 19.1. The minimum atomic E-state index is -0.484. The van der Waals surface area contributed by atoms with Crippen molar-refractivity contribution >= 4 is 11.7 Å². The van der Waals surface area contributed by atoms with E-state index in [-0.39, 0.29) is 17.6 Å². The average Bonchev–Trinajstić information content (AvgIpc) is 3.22. The van der Waals surface area contributed by atoms with E-state index in [1.165, 1.54) is 0 Å². The maximum Gasteiger partial charge on any atom is 0.322 e. The number of aromatic nitrogens is 5. The number of carbonyl (C=O) groups is 1. The maximum absolute atomic E-state index is 13.3. The Hall–Kier alpha value is -3.36. The van der Waals surface area contributed by atoms with Crippen LogP contribution in [0.25, 0.3) is 11.4 Å². The van der Waals surface area contributed by atoms with Crippen LogP contribution in [0.5, 0.6) is 0 Å². The fourth-order valence-electron chi connectivity index (χ4n) is 5.25. The van der Waals surface area contributed by atoms with E-state index in [1.54, 1.807) is 6.20 Å². The van der Waals surface area contributed by atoms with Gasteiger partial charge < -0.3 is 10.2 Å². The molecule has 0 unspecified atom stereocenters. The monoisotopic (exact) mass is 421 g/mol. The van der Waals surface area contributed by atoms with Crippen LogP contribution in [0.1, 0.15) is 31.7 Å². The van der Waals surface area contributed by atoms with Crippen LogP contribution in [0, 0.1) is 18.7 Å². The molecule has 2 aliphatic rings. The van der Waals surface area contributed by atoms with E-state index >= 15 is 0 Å². The number of hydrogen-bond donors (Lipinski definition) is 1. The zero-order chi connectivity index (χ0) is 21.6. The van der Waals surface area contributed by atoms with Gasteiger partial charge in [-0.2, -0.15) is 0 Å². The molecule has 2 bridgehead atoms. The van der Waals surface area contributed by atoms with Crippen molar-refractivity contribution in [3.05, 3.63) is 54.4 Å². The van der Waals surface area contributed by atoms with Crippen LogP contribution >= 0.6 is 0 Å². The van der Waals surface area contributed by atoms with Gasteiger partial charge in [0.25, 0.3) is 0 Å². The minimum absolute atomic E-state index is 0.113. The number of aryl methyl sites for hydroxylation is 1. The topological polar surface area (TPSA) is 88.8 Å². The fourth-order valence-corrected chi connectivity index (χ4v) is 5.25. The van der Waals surface area contributed by atoms with Gasteiger partial charge in [0, 0.05) is 23.5 Å². The van der Waals surface area contributed by atoms with Crippen molar-refractivity contribution in [2.45, 2.75) is 51.2 Å². The summed E-state index contributed by atoms with van der Waals surface area (Å²) in [6, 6.07) is 5.73. The predicted octanol–water partition coefficient (Wildman–Crippen LogP) is 3.66. The lowest BCUT2D eigenvalue weighted by molar-refractivity contribution is -0.100. The Morgan fingerprint density at radius 1 is 1.29 bits per heavy atom. The summed E-state index contributed by atoms with van der Waals surface area (Å²) >= 11 is 0. The highest BCUT2D eigenvalue weighted by Crippen LogP contribution is 2.50. The number of amides is 2. The van der Waals surface area contributed by atoms with Gasteiger partial charge in [0.2, 0.25) is 0 Å². The molecule has 31 heavy (non-hydrogen) atoms. The number of urea groups is 1. The second kappa shape index (κ2) is 7.40. The van der Waals surface area contributed by atoms with E-state index in [0.717, 1.165) is 42.8 Å². The molecule has 1 aromatic carbocycles. The molecule has 2 amide bonds. The normalized spacial score (nSPS) is 24.5. The molecule has 1 N–H and O–H groups in total. The zero-order valence-electron chi connectivity index (χ0n) is 17.5. The van der Waals surface area contributed by atoms with Crippen LogP contribution in [-0.2, 0) is 6.54 Å². The Bertz CT molecular complexity index is 1100. The lowest BCUT2D eigenvalue weighted by Gasteiger charge is -2.63. The molecule has 4 heterocycles. The number of benzene rings is 1. The van der Waals surface area contributed by atoms with E-state index in [2.05, 4.69) is 32.5 Å². The first kappa shape index (κ1) is 19.6. The van der Waals surface area contributed by atoms with Crippen LogP contribution in [0.4, 0.5) is 14.9 Å². The molecular formula is C22H24FN7O. The van der Waals surface area contributed by atoms with Gasteiger partial charge in [-0.3, -0.25) is 4.68 Å². The van der Waals surface area contributed by atoms with Gasteiger partial charge in [0.15, 0.2) is 11.6 Å². The lowest BCUT2D eigenvalue weighted by Crippen LogP contribution is -2.73. The molecule has 2 aromatic heterocycles. The molecule has 0 radical (unpaired) electrons. The first-order valence-corrected chi connectivity index (χ1v) is 10.5. The first-order chi connectivity index (χ1) is 14.9. The molecule has 160 valence electrons. The number of hydrogen-bond acceptors (Lipinski definition) is 5. The summed E-state index contributed by atoms with van der Waals surface area (Å²) in [5, 5.41) is 11.1. The van der Waals surface area contributed by atoms with Crippen molar-refractivity contribution in [2.75, 3.05) is 5.32 Å². The average molecular weight is 421 g/mol. The molecule has 0 saturated carbocycles. The number of nitrogens with zero attached hydrogens (tertiary/aromatic N) is 6. The molecule has 3 aromatic rings. The summed E-state index contributed by atoms with van der Waals surface area (Å²) in [5.41, 5.74) is 2.12. The molecule has 0 spiro atoms. The Morgan fingerprint density at radius 3 is 2.84 bits per heavy atom. The summed E-state index contributed by atoms with van der Waals surface area (Å²) in [6.07, 6.45) is 8.72. The molecule has 2 aliphatic heterocycles. The summed E-state index contributed by atoms with van der Waals surface area (Å²) in [5.74, 6) is 0.502. The van der Waals surface area contributed by atoms with Gasteiger partial charge in [0.05, 0.1) is 30.7 Å². The number of nitrogens with one attached hydrogen (secondary N) is 1. The van der Waals surface area contributed by atoms with Gasteiger partial charge in [-0.15, -0.1) is 5.10 Å². The maximum atomic E-state index is 13.3. The van der Waals surface area contributed by atoms with Gasteiger partial charge >= 0.3 is 6.03 Å². The molecule has 2 saturated heterocycles. The number of fused-ring (bicyclic) bond motifs is 2. The number of piperidine rings is 1. The van der Waals surface area contributed by atoms with Gasteiger partial charge in [-0.25, -0.2) is 19.2 Å². The quantitative estimate of drug-likeness (QED) is 0.695. The van der Waals surface area contributed by atoms with E-state index < -0.39 is 5.82 Å². The van der Waals surface area contributed by atoms with Crippen LogP contribution in [0.15, 0.2) is 43.0 Å². The van der Waals surface area contributed by atoms with E-state index in [1.807, 2.05) is 40.9 Å². The smallest absolute Gasteiger partial charge is 0.314 e. The SMILES string of the molecule is Cc1ccc(NC(=O)N2[C@@H]3C[C@H](C)C[C@@]2(Cn2ccnn2)C3)cc1-c1ncc(F)cn1. The van der Waals surface area contributed by atoms with Crippen LogP contribution in [-0.4, -0.2) is 47.5 Å². The third kappa shape index (κ3) is 3.54. The molecule has 0 aliphatic carbocycles. The van der Waals surface area contributed by atoms with E-state index in [0.29, 0.717) is 24.0 Å². The number of rotatable bonds is 4. The minimum Gasteiger partial charge on any atom is -0.314 e. The van der Waals surface area contributed by atoms with E-state index in [4.69, 9.17) is 0 Å². The molecule has 5 rings (SSSR count). The number of halogens is 1. The predicted molar refractivity (Wildman–Crippen MR) is 113 cm³/mol. The van der Waals surface area contributed by atoms with Crippen LogP contribution < -0.4 is 5.32 Å². The summed E-state index contributed by atoms with van der Waals surface area (Å²) in [4.78, 5) is 23.5.